The molecule has 0 saturated heterocycles. The molecule has 0 aromatic rings. The van der Waals surface area contributed by atoms with Gasteiger partial charge in [0.15, 0.2) is 6.10 Å². The van der Waals surface area contributed by atoms with Gasteiger partial charge in [-0.3, -0.25) is 19.2 Å². The molecule has 4 atom stereocenters. The molecule has 0 aromatic heterocycles. The number of aliphatic hydroxyl groups is 1. The molecule has 0 aliphatic rings. The Balaban J connectivity index is 4.63. The number of hydrogen-bond donors (Lipinski definition) is 8. The van der Waals surface area contributed by atoms with Crippen LogP contribution in [0.3, 0.4) is 0 Å². The predicted octanol–water partition coefficient (Wildman–Crippen LogP) is -2.90. The Morgan fingerprint density at radius 3 is 2.06 bits per heavy atom. The van der Waals surface area contributed by atoms with Gasteiger partial charge in [-0.15, -0.1) is 0 Å². The molecule has 0 spiro atoms. The summed E-state index contributed by atoms with van der Waals surface area (Å²) in [5.41, 5.74) is 9.63. The number of primary amides is 1. The molecule has 0 radical (unpaired) electrons. The summed E-state index contributed by atoms with van der Waals surface area (Å²) in [5, 5.41) is 21.4. The first kappa shape index (κ1) is 44.6. The van der Waals surface area contributed by atoms with E-state index >= 15 is 0 Å². The summed E-state index contributed by atoms with van der Waals surface area (Å²) in [7, 11) is 2.64. The average molecular weight is 712 g/mol. The lowest BCUT2D eigenvalue weighted by Crippen LogP contribution is -2.55. The molecule has 0 bridgehead atoms. The summed E-state index contributed by atoms with van der Waals surface area (Å²) in [5.74, 6) is -3.16. The number of nitrogens with one attached hydrogen (secondary N) is 5. The van der Waals surface area contributed by atoms with E-state index in [1.165, 1.54) is 14.1 Å². The highest BCUT2D eigenvalue weighted by Crippen LogP contribution is 2.20. The van der Waals surface area contributed by atoms with Gasteiger partial charge in [-0.25, -0.2) is 9.59 Å². The molecule has 48 heavy (non-hydrogen) atoms. The maximum absolute atomic E-state index is 12.6. The number of carbonyl (C=O) groups is 6. The van der Waals surface area contributed by atoms with Crippen LogP contribution in [0.4, 0.5) is 9.59 Å². The first-order valence-corrected chi connectivity index (χ1v) is 16.7. The Morgan fingerprint density at radius 1 is 0.875 bits per heavy atom. The van der Waals surface area contributed by atoms with Crippen molar-refractivity contribution in [2.45, 2.75) is 76.3 Å². The van der Waals surface area contributed by atoms with Crippen molar-refractivity contribution in [1.82, 2.24) is 26.6 Å². The molecule has 0 aliphatic heterocycles. The van der Waals surface area contributed by atoms with Gasteiger partial charge in [0, 0.05) is 27.1 Å². The molecule has 20 heteroatoms. The molecule has 0 heterocycles. The number of amides is 6. The van der Waals surface area contributed by atoms with Crippen LogP contribution in [-0.2, 0) is 49.3 Å². The van der Waals surface area contributed by atoms with Gasteiger partial charge in [0.1, 0.15) is 30.2 Å². The van der Waals surface area contributed by atoms with Crippen LogP contribution in [0.2, 0.25) is 0 Å². The average Bonchev–Trinajstić information content (AvgIpc) is 3.01. The zero-order valence-electron chi connectivity index (χ0n) is 28.5. The second kappa shape index (κ2) is 23.0. The summed E-state index contributed by atoms with van der Waals surface area (Å²) in [6.45, 7) is 6.49. The van der Waals surface area contributed by atoms with E-state index in [-0.39, 0.29) is 43.5 Å². The molecule has 0 aromatic carbocycles. The zero-order valence-corrected chi connectivity index (χ0v) is 29.3. The van der Waals surface area contributed by atoms with Crippen LogP contribution in [-0.4, -0.2) is 140 Å². The van der Waals surface area contributed by atoms with Crippen LogP contribution in [0.25, 0.3) is 0 Å². The van der Waals surface area contributed by atoms with Crippen LogP contribution in [0, 0.1) is 0 Å². The smallest absolute Gasteiger partial charge is 0.407 e. The van der Waals surface area contributed by atoms with Gasteiger partial charge >= 0.3 is 12.2 Å². The second-order valence-electron chi connectivity index (χ2n) is 11.7. The first-order chi connectivity index (χ1) is 22.3. The number of hydrogen-bond acceptors (Lipinski definition) is 13. The summed E-state index contributed by atoms with van der Waals surface area (Å²) in [6, 6.07) is -2.69. The van der Waals surface area contributed by atoms with Gasteiger partial charge in [-0.05, 0) is 51.7 Å². The minimum Gasteiger partial charge on any atom is -0.616 e. The third-order valence-electron chi connectivity index (χ3n) is 6.48. The SMILES string of the molecule is CNC(=O)OC[C@H](C[S+]([O-])C[C@H](N)C(=O)N[C@@H](CO)C(=O)NCCOC(C)(C)CCOC(C)(C)CCC(=O)NCC(N)=O)OC(=O)NC. The van der Waals surface area contributed by atoms with Crippen molar-refractivity contribution < 1.29 is 57.4 Å². The molecular formula is C28H53N7O12S. The maximum atomic E-state index is 12.6. The quantitative estimate of drug-likeness (QED) is 0.0369. The number of carbonyl (C=O) groups excluding carboxylic acids is 6. The Bertz CT molecular complexity index is 1050. The number of alkyl carbamates (subject to hydrolysis) is 2. The highest BCUT2D eigenvalue weighted by molar-refractivity contribution is 7.91. The Morgan fingerprint density at radius 2 is 1.48 bits per heavy atom. The van der Waals surface area contributed by atoms with Crippen molar-refractivity contribution >= 4 is 47.0 Å². The van der Waals surface area contributed by atoms with Gasteiger partial charge in [0.2, 0.25) is 23.6 Å². The van der Waals surface area contributed by atoms with Gasteiger partial charge in [-0.2, -0.15) is 0 Å². The van der Waals surface area contributed by atoms with Crippen molar-refractivity contribution in [1.29, 1.82) is 0 Å². The van der Waals surface area contributed by atoms with E-state index in [1.807, 2.05) is 27.7 Å². The highest BCUT2D eigenvalue weighted by Gasteiger charge is 2.29. The van der Waals surface area contributed by atoms with E-state index in [9.17, 15) is 38.4 Å². The lowest BCUT2D eigenvalue weighted by Gasteiger charge is -2.30. The van der Waals surface area contributed by atoms with Crippen molar-refractivity contribution in [3.8, 4) is 0 Å². The minimum atomic E-state index is -1.81. The molecule has 6 amide bonds. The van der Waals surface area contributed by atoms with Gasteiger partial charge in [0.05, 0.1) is 37.6 Å². The molecular weight excluding hydrogens is 658 g/mol. The van der Waals surface area contributed by atoms with E-state index in [0.717, 1.165) is 0 Å². The molecule has 0 rings (SSSR count). The monoisotopic (exact) mass is 711 g/mol. The largest absolute Gasteiger partial charge is 0.616 e. The standard InChI is InChI=1S/C28H53N7O12S/c1-27(2,8-7-22(38)34-13-21(30)37)45-11-9-28(3,4)46-12-10-33-24(40)20(14-36)35-23(39)19(29)17-48(43)16-18(47-26(42)32-6)15-44-25(41)31-5/h18-20,36H,7-17,29H2,1-6H3,(H2,30,37)(H,31,41)(H,32,42)(H,33,40)(H,34,38)(H,35,39)/t18-,19+,20+,48?/m1/s1. The summed E-state index contributed by atoms with van der Waals surface area (Å²) in [4.78, 5) is 70.6. The maximum Gasteiger partial charge on any atom is 0.407 e. The van der Waals surface area contributed by atoms with Crippen molar-refractivity contribution in [2.24, 2.45) is 11.5 Å². The van der Waals surface area contributed by atoms with Crippen LogP contribution in [0.5, 0.6) is 0 Å². The Labute approximate surface area is 283 Å². The van der Waals surface area contributed by atoms with E-state index in [2.05, 4.69) is 26.6 Å². The van der Waals surface area contributed by atoms with Crippen LogP contribution in [0.1, 0.15) is 47.0 Å². The minimum absolute atomic E-state index is 0.0579. The topological polar surface area (TPSA) is 295 Å². The predicted molar refractivity (Wildman–Crippen MR) is 174 cm³/mol. The number of rotatable bonds is 24. The summed E-state index contributed by atoms with van der Waals surface area (Å²) in [6.07, 6.45) is -1.67. The van der Waals surface area contributed by atoms with Crippen LogP contribution in [0.15, 0.2) is 0 Å². The third-order valence-corrected chi connectivity index (χ3v) is 7.95. The second-order valence-corrected chi connectivity index (χ2v) is 13.3. The van der Waals surface area contributed by atoms with Crippen molar-refractivity contribution in [2.75, 3.05) is 65.1 Å². The molecule has 0 aliphatic carbocycles. The van der Waals surface area contributed by atoms with Gasteiger partial charge in [-0.1, -0.05) is 0 Å². The van der Waals surface area contributed by atoms with Crippen LogP contribution >= 0.6 is 0 Å². The fraction of sp³-hybridized carbons (Fsp3) is 0.786. The normalized spacial score (nSPS) is 14.0. The van der Waals surface area contributed by atoms with Crippen LogP contribution < -0.4 is 38.1 Å². The van der Waals surface area contributed by atoms with E-state index in [1.54, 1.807) is 0 Å². The first-order valence-electron chi connectivity index (χ1n) is 15.2. The van der Waals surface area contributed by atoms with Crippen molar-refractivity contribution in [3.63, 3.8) is 0 Å². The molecule has 10 N–H and O–H groups in total. The highest BCUT2D eigenvalue weighted by atomic mass is 32.2. The number of nitrogens with two attached hydrogens (primary N) is 2. The zero-order chi connectivity index (χ0) is 36.9. The molecule has 0 fully saturated rings. The summed E-state index contributed by atoms with van der Waals surface area (Å²) < 4.78 is 34.3. The molecule has 19 nitrogen and oxygen atoms in total. The van der Waals surface area contributed by atoms with Crippen molar-refractivity contribution in [3.05, 3.63) is 0 Å². The summed E-state index contributed by atoms with van der Waals surface area (Å²) >= 11 is -1.81. The van der Waals surface area contributed by atoms with E-state index in [0.29, 0.717) is 19.4 Å². The Hall–Kier alpha value is -3.43. The molecule has 278 valence electrons. The molecule has 1 unspecified atom stereocenters. The van der Waals surface area contributed by atoms with Gasteiger partial charge in [0.25, 0.3) is 0 Å². The fourth-order valence-electron chi connectivity index (χ4n) is 3.62. The number of aliphatic hydroxyl groups excluding tert-OH is 1. The third kappa shape index (κ3) is 21.4. The van der Waals surface area contributed by atoms with Gasteiger partial charge < -0.3 is 66.7 Å². The fourth-order valence-corrected chi connectivity index (χ4v) is 4.89. The lowest BCUT2D eigenvalue weighted by molar-refractivity contribution is -0.130. The Kier molecular flexibility index (Phi) is 21.4. The number of ether oxygens (including phenoxy) is 4. The lowest BCUT2D eigenvalue weighted by atomic mass is 10.0. The molecule has 0 saturated carbocycles. The van der Waals surface area contributed by atoms with E-state index in [4.69, 9.17) is 30.4 Å². The van der Waals surface area contributed by atoms with E-state index < -0.39 is 83.7 Å².